The SMILES string of the molecule is CC(=O)c1ccc(NC(=S)NC(NC(=O)CC(C)C)C(Cl)(Cl)Cl)cc1. The van der Waals surface area contributed by atoms with Gasteiger partial charge in [0.05, 0.1) is 0 Å². The summed E-state index contributed by atoms with van der Waals surface area (Å²) in [5, 5.41) is 8.45. The number of benzene rings is 1. The highest BCUT2D eigenvalue weighted by atomic mass is 35.6. The van der Waals surface area contributed by atoms with Crippen LogP contribution in [-0.4, -0.2) is 26.8 Å². The Kier molecular flexibility index (Phi) is 8.41. The van der Waals surface area contributed by atoms with Gasteiger partial charge in [0, 0.05) is 17.7 Å². The number of amides is 1. The lowest BCUT2D eigenvalue weighted by molar-refractivity contribution is -0.122. The van der Waals surface area contributed by atoms with Crippen LogP contribution in [0.4, 0.5) is 5.69 Å². The second-order valence-corrected chi connectivity index (χ2v) is 8.65. The molecule has 1 amide bonds. The zero-order chi connectivity index (χ0) is 19.2. The highest BCUT2D eigenvalue weighted by molar-refractivity contribution is 7.80. The van der Waals surface area contributed by atoms with Gasteiger partial charge in [-0.2, -0.15) is 0 Å². The summed E-state index contributed by atoms with van der Waals surface area (Å²) >= 11 is 22.9. The molecule has 0 bridgehead atoms. The van der Waals surface area contributed by atoms with Crippen LogP contribution in [0.3, 0.4) is 0 Å². The van der Waals surface area contributed by atoms with E-state index in [0.29, 0.717) is 17.7 Å². The van der Waals surface area contributed by atoms with Crippen molar-refractivity contribution in [1.82, 2.24) is 10.6 Å². The smallest absolute Gasteiger partial charge is 0.228 e. The highest BCUT2D eigenvalue weighted by Crippen LogP contribution is 2.29. The van der Waals surface area contributed by atoms with E-state index in [1.165, 1.54) is 6.92 Å². The minimum Gasteiger partial charge on any atom is -0.339 e. The van der Waals surface area contributed by atoms with E-state index >= 15 is 0 Å². The molecule has 1 atom stereocenters. The number of Topliss-reactive ketones (excluding diaryl/α,β-unsaturated/α-hetero) is 1. The largest absolute Gasteiger partial charge is 0.339 e. The van der Waals surface area contributed by atoms with Crippen molar-refractivity contribution in [3.05, 3.63) is 29.8 Å². The summed E-state index contributed by atoms with van der Waals surface area (Å²) in [6, 6.07) is 6.74. The molecule has 0 aromatic heterocycles. The van der Waals surface area contributed by atoms with Gasteiger partial charge in [-0.05, 0) is 49.3 Å². The number of anilines is 1. The molecule has 0 radical (unpaired) electrons. The van der Waals surface area contributed by atoms with E-state index in [2.05, 4.69) is 16.0 Å². The van der Waals surface area contributed by atoms with E-state index in [1.54, 1.807) is 24.3 Å². The number of rotatable bonds is 6. The van der Waals surface area contributed by atoms with Gasteiger partial charge < -0.3 is 16.0 Å². The topological polar surface area (TPSA) is 70.2 Å². The van der Waals surface area contributed by atoms with Crippen LogP contribution >= 0.6 is 47.0 Å². The standard InChI is InChI=1S/C16H20Cl3N3O2S/c1-9(2)8-13(24)21-14(16(17,18)19)22-15(25)20-12-6-4-11(5-7-12)10(3)23/h4-7,9,14H,8H2,1-3H3,(H,21,24)(H2,20,22,25). The van der Waals surface area contributed by atoms with Gasteiger partial charge in [0.1, 0.15) is 6.17 Å². The monoisotopic (exact) mass is 423 g/mol. The lowest BCUT2D eigenvalue weighted by Crippen LogP contribution is -2.56. The number of carbonyl (C=O) groups excluding carboxylic acids is 2. The van der Waals surface area contributed by atoms with E-state index in [1.807, 2.05) is 13.8 Å². The molecule has 1 unspecified atom stereocenters. The maximum absolute atomic E-state index is 11.9. The highest BCUT2D eigenvalue weighted by Gasteiger charge is 2.34. The predicted molar refractivity (Wildman–Crippen MR) is 107 cm³/mol. The van der Waals surface area contributed by atoms with Gasteiger partial charge in [0.25, 0.3) is 0 Å². The normalized spacial score (nSPS) is 12.4. The number of hydrogen-bond acceptors (Lipinski definition) is 3. The first-order valence-electron chi connectivity index (χ1n) is 7.53. The Hall–Kier alpha value is -1.08. The number of alkyl halides is 3. The van der Waals surface area contributed by atoms with E-state index < -0.39 is 9.96 Å². The van der Waals surface area contributed by atoms with Crippen LogP contribution in [0.2, 0.25) is 0 Å². The Morgan fingerprint density at radius 3 is 2.12 bits per heavy atom. The Morgan fingerprint density at radius 2 is 1.68 bits per heavy atom. The van der Waals surface area contributed by atoms with Crippen LogP contribution in [0.5, 0.6) is 0 Å². The van der Waals surface area contributed by atoms with Crippen LogP contribution in [0.25, 0.3) is 0 Å². The van der Waals surface area contributed by atoms with E-state index in [4.69, 9.17) is 47.0 Å². The van der Waals surface area contributed by atoms with Crippen molar-refractivity contribution in [2.24, 2.45) is 5.92 Å². The van der Waals surface area contributed by atoms with E-state index in [0.717, 1.165) is 0 Å². The van der Waals surface area contributed by atoms with Crippen molar-refractivity contribution in [3.63, 3.8) is 0 Å². The molecule has 0 fully saturated rings. The van der Waals surface area contributed by atoms with Gasteiger partial charge in [-0.25, -0.2) is 0 Å². The molecule has 0 aliphatic carbocycles. The third-order valence-electron chi connectivity index (χ3n) is 3.05. The third-order valence-corrected chi connectivity index (χ3v) is 3.93. The minimum absolute atomic E-state index is 0.0311. The number of thiocarbonyl (C=S) groups is 1. The maximum Gasteiger partial charge on any atom is 0.228 e. The zero-order valence-corrected chi connectivity index (χ0v) is 17.1. The molecule has 1 aromatic carbocycles. The second-order valence-electron chi connectivity index (χ2n) is 5.87. The summed E-state index contributed by atoms with van der Waals surface area (Å²) in [5.74, 6) is -0.121. The summed E-state index contributed by atoms with van der Waals surface area (Å²) in [6.07, 6.45) is -0.703. The van der Waals surface area contributed by atoms with Gasteiger partial charge >= 0.3 is 0 Å². The molecule has 9 heteroatoms. The molecule has 0 saturated heterocycles. The third kappa shape index (κ3) is 8.23. The van der Waals surface area contributed by atoms with Crippen LogP contribution in [0.1, 0.15) is 37.6 Å². The zero-order valence-electron chi connectivity index (χ0n) is 14.0. The summed E-state index contributed by atoms with van der Waals surface area (Å²) < 4.78 is -1.79. The number of halogens is 3. The Bertz CT molecular complexity index is 631. The molecular weight excluding hydrogens is 405 g/mol. The van der Waals surface area contributed by atoms with E-state index in [9.17, 15) is 9.59 Å². The Balaban J connectivity index is 2.71. The summed E-state index contributed by atoms with van der Waals surface area (Å²) in [6.45, 7) is 5.31. The van der Waals surface area contributed by atoms with Crippen LogP contribution in [0.15, 0.2) is 24.3 Å². The number of ketones is 1. The van der Waals surface area contributed by atoms with E-state index in [-0.39, 0.29) is 22.7 Å². The minimum atomic E-state index is -1.79. The first kappa shape index (κ1) is 22.0. The average molecular weight is 425 g/mol. The summed E-state index contributed by atoms with van der Waals surface area (Å²) in [5.41, 5.74) is 1.24. The van der Waals surface area contributed by atoms with Crippen molar-refractivity contribution in [2.45, 2.75) is 37.2 Å². The van der Waals surface area contributed by atoms with Gasteiger partial charge in [0.2, 0.25) is 9.70 Å². The molecule has 0 saturated carbocycles. The summed E-state index contributed by atoms with van der Waals surface area (Å²) in [7, 11) is 0. The second kappa shape index (κ2) is 9.57. The molecule has 0 heterocycles. The Labute approximate surface area is 167 Å². The number of carbonyl (C=O) groups is 2. The van der Waals surface area contributed by atoms with Crippen LogP contribution in [-0.2, 0) is 4.79 Å². The fourth-order valence-electron chi connectivity index (χ4n) is 1.88. The molecule has 0 aliphatic rings. The lowest BCUT2D eigenvalue weighted by Gasteiger charge is -2.28. The fraction of sp³-hybridized carbons (Fsp3) is 0.438. The Morgan fingerprint density at radius 1 is 1.12 bits per heavy atom. The van der Waals surface area contributed by atoms with Crippen LogP contribution < -0.4 is 16.0 Å². The van der Waals surface area contributed by atoms with Crippen molar-refractivity contribution in [1.29, 1.82) is 0 Å². The molecule has 1 aromatic rings. The van der Waals surface area contributed by atoms with Crippen LogP contribution in [0, 0.1) is 5.92 Å². The van der Waals surface area contributed by atoms with Gasteiger partial charge in [0.15, 0.2) is 10.9 Å². The number of nitrogens with one attached hydrogen (secondary N) is 3. The molecule has 25 heavy (non-hydrogen) atoms. The fourth-order valence-corrected chi connectivity index (χ4v) is 2.44. The predicted octanol–water partition coefficient (Wildman–Crippen LogP) is 4.03. The average Bonchev–Trinajstić information content (AvgIpc) is 2.45. The first-order chi connectivity index (χ1) is 11.5. The van der Waals surface area contributed by atoms with Gasteiger partial charge in [-0.15, -0.1) is 0 Å². The number of hydrogen-bond donors (Lipinski definition) is 3. The molecule has 138 valence electrons. The molecule has 0 aliphatic heterocycles. The maximum atomic E-state index is 11.9. The van der Waals surface area contributed by atoms with Crippen molar-refractivity contribution in [2.75, 3.05) is 5.32 Å². The van der Waals surface area contributed by atoms with Crippen molar-refractivity contribution < 1.29 is 9.59 Å². The van der Waals surface area contributed by atoms with Gasteiger partial charge in [-0.3, -0.25) is 9.59 Å². The van der Waals surface area contributed by atoms with Crippen molar-refractivity contribution in [3.8, 4) is 0 Å². The quantitative estimate of drug-likeness (QED) is 0.278. The molecule has 5 nitrogen and oxygen atoms in total. The molecular formula is C16H20Cl3N3O2S. The lowest BCUT2D eigenvalue weighted by atomic mass is 10.1. The van der Waals surface area contributed by atoms with Crippen molar-refractivity contribution >= 4 is 69.5 Å². The first-order valence-corrected chi connectivity index (χ1v) is 9.08. The summed E-state index contributed by atoms with van der Waals surface area (Å²) in [4.78, 5) is 23.2. The molecule has 0 spiro atoms. The molecule has 3 N–H and O–H groups in total. The molecule has 1 rings (SSSR count). The van der Waals surface area contributed by atoms with Gasteiger partial charge in [-0.1, -0.05) is 48.7 Å².